The van der Waals surface area contributed by atoms with Gasteiger partial charge in [0.2, 0.25) is 0 Å². The second-order valence-electron chi connectivity index (χ2n) is 4.85. The molecule has 2 aromatic rings. The minimum Gasteiger partial charge on any atom is -0.323 e. The average molecular weight is 233 g/mol. The smallest absolute Gasteiger partial charge is 0.126 e. The molecular formula is C13H16FN3. The first kappa shape index (κ1) is 10.7. The van der Waals surface area contributed by atoms with Crippen LogP contribution in [0.2, 0.25) is 0 Å². The molecule has 3 rings (SSSR count). The van der Waals surface area contributed by atoms with Crippen LogP contribution in [0.4, 0.5) is 4.39 Å². The van der Waals surface area contributed by atoms with Crippen molar-refractivity contribution in [3.05, 3.63) is 29.8 Å². The highest BCUT2D eigenvalue weighted by Crippen LogP contribution is 2.36. The fraction of sp³-hybridized carbons (Fsp3) is 0.462. The molecule has 4 heteroatoms. The van der Waals surface area contributed by atoms with Crippen LogP contribution in [0.5, 0.6) is 0 Å². The molecule has 1 aromatic heterocycles. The highest BCUT2D eigenvalue weighted by molar-refractivity contribution is 5.76. The van der Waals surface area contributed by atoms with E-state index in [9.17, 15) is 4.39 Å². The van der Waals surface area contributed by atoms with Crippen molar-refractivity contribution in [2.45, 2.75) is 38.3 Å². The van der Waals surface area contributed by atoms with Crippen LogP contribution in [0.15, 0.2) is 18.2 Å². The van der Waals surface area contributed by atoms with Crippen LogP contribution in [-0.2, 0) is 0 Å². The molecule has 0 spiro atoms. The lowest BCUT2D eigenvalue weighted by atomic mass is 9.92. The van der Waals surface area contributed by atoms with E-state index in [0.29, 0.717) is 6.04 Å². The number of rotatable bonds is 2. The van der Waals surface area contributed by atoms with E-state index in [1.54, 1.807) is 12.1 Å². The van der Waals surface area contributed by atoms with Crippen LogP contribution < -0.4 is 5.73 Å². The summed E-state index contributed by atoms with van der Waals surface area (Å²) in [5.41, 5.74) is 7.67. The highest BCUT2D eigenvalue weighted by Gasteiger charge is 2.25. The molecule has 0 radical (unpaired) electrons. The number of fused-ring (bicyclic) bond motifs is 1. The van der Waals surface area contributed by atoms with Crippen molar-refractivity contribution in [3.8, 4) is 0 Å². The molecule has 1 aliphatic carbocycles. The van der Waals surface area contributed by atoms with E-state index in [2.05, 4.69) is 9.55 Å². The van der Waals surface area contributed by atoms with Gasteiger partial charge in [-0.25, -0.2) is 9.37 Å². The Kier molecular flexibility index (Phi) is 2.40. The van der Waals surface area contributed by atoms with E-state index in [1.165, 1.54) is 12.5 Å². The van der Waals surface area contributed by atoms with Gasteiger partial charge >= 0.3 is 0 Å². The summed E-state index contributed by atoms with van der Waals surface area (Å²) in [5, 5.41) is 0. The third-order valence-corrected chi connectivity index (χ3v) is 3.53. The summed E-state index contributed by atoms with van der Waals surface area (Å²) in [6.45, 7) is 1.92. The lowest BCUT2D eigenvalue weighted by molar-refractivity contribution is 0.309. The molecule has 0 aliphatic heterocycles. The maximum atomic E-state index is 13.3. The Hall–Kier alpha value is -1.42. The van der Waals surface area contributed by atoms with Crippen molar-refractivity contribution in [2.24, 2.45) is 5.73 Å². The van der Waals surface area contributed by atoms with Crippen molar-refractivity contribution in [2.75, 3.05) is 0 Å². The fourth-order valence-electron chi connectivity index (χ4n) is 2.43. The summed E-state index contributed by atoms with van der Waals surface area (Å²) in [5.74, 6) is 0.657. The third kappa shape index (κ3) is 1.63. The summed E-state index contributed by atoms with van der Waals surface area (Å²) >= 11 is 0. The summed E-state index contributed by atoms with van der Waals surface area (Å²) in [4.78, 5) is 4.53. The van der Waals surface area contributed by atoms with E-state index < -0.39 is 0 Å². The van der Waals surface area contributed by atoms with Crippen molar-refractivity contribution in [1.29, 1.82) is 0 Å². The monoisotopic (exact) mass is 233 g/mol. The van der Waals surface area contributed by atoms with Gasteiger partial charge in [0.15, 0.2) is 0 Å². The van der Waals surface area contributed by atoms with Crippen LogP contribution in [0.3, 0.4) is 0 Å². The lowest BCUT2D eigenvalue weighted by Crippen LogP contribution is -2.22. The number of hydrogen-bond donors (Lipinski definition) is 1. The average Bonchev–Trinajstić information content (AvgIpc) is 2.55. The van der Waals surface area contributed by atoms with Gasteiger partial charge in [-0.15, -0.1) is 0 Å². The van der Waals surface area contributed by atoms with Crippen LogP contribution in [0.1, 0.15) is 44.1 Å². The van der Waals surface area contributed by atoms with E-state index >= 15 is 0 Å². The molecule has 0 unspecified atom stereocenters. The van der Waals surface area contributed by atoms with Gasteiger partial charge in [0.05, 0.1) is 17.1 Å². The molecule has 2 N–H and O–H groups in total. The van der Waals surface area contributed by atoms with Crippen molar-refractivity contribution >= 4 is 11.0 Å². The number of nitrogens with zero attached hydrogens (tertiary/aromatic N) is 2. The van der Waals surface area contributed by atoms with E-state index in [4.69, 9.17) is 5.73 Å². The van der Waals surface area contributed by atoms with Crippen LogP contribution in [-0.4, -0.2) is 9.55 Å². The van der Waals surface area contributed by atoms with Crippen molar-refractivity contribution in [1.82, 2.24) is 9.55 Å². The van der Waals surface area contributed by atoms with Crippen LogP contribution >= 0.6 is 0 Å². The van der Waals surface area contributed by atoms with Gasteiger partial charge in [-0.3, -0.25) is 0 Å². The van der Waals surface area contributed by atoms with E-state index in [-0.39, 0.29) is 11.9 Å². The van der Waals surface area contributed by atoms with Gasteiger partial charge in [0, 0.05) is 6.04 Å². The van der Waals surface area contributed by atoms with Gasteiger partial charge in [0.1, 0.15) is 11.6 Å². The number of nitrogens with two attached hydrogens (primary N) is 1. The minimum atomic E-state index is -0.214. The predicted molar refractivity (Wildman–Crippen MR) is 65.2 cm³/mol. The van der Waals surface area contributed by atoms with Gasteiger partial charge in [0.25, 0.3) is 0 Å². The highest BCUT2D eigenvalue weighted by atomic mass is 19.1. The summed E-state index contributed by atoms with van der Waals surface area (Å²) < 4.78 is 15.5. The van der Waals surface area contributed by atoms with Gasteiger partial charge in [-0.1, -0.05) is 0 Å². The fourth-order valence-corrected chi connectivity index (χ4v) is 2.43. The molecule has 1 aliphatic rings. The number of halogens is 1. The molecule has 0 saturated heterocycles. The van der Waals surface area contributed by atoms with E-state index in [1.807, 2.05) is 6.92 Å². The maximum absolute atomic E-state index is 13.3. The molecule has 1 atom stereocenters. The minimum absolute atomic E-state index is 0.119. The first-order valence-electron chi connectivity index (χ1n) is 6.10. The topological polar surface area (TPSA) is 43.8 Å². The Morgan fingerprint density at radius 2 is 2.24 bits per heavy atom. The Morgan fingerprint density at radius 1 is 1.47 bits per heavy atom. The van der Waals surface area contributed by atoms with Crippen LogP contribution in [0, 0.1) is 5.82 Å². The second-order valence-corrected chi connectivity index (χ2v) is 4.85. The maximum Gasteiger partial charge on any atom is 0.126 e. The molecular weight excluding hydrogens is 217 g/mol. The zero-order chi connectivity index (χ0) is 12.0. The Balaban J connectivity index is 2.24. The lowest BCUT2D eigenvalue weighted by Gasteiger charge is -2.29. The quantitative estimate of drug-likeness (QED) is 0.866. The molecule has 1 saturated carbocycles. The molecule has 1 aromatic carbocycles. The summed E-state index contributed by atoms with van der Waals surface area (Å²) in [6, 6.07) is 5.07. The molecule has 17 heavy (non-hydrogen) atoms. The number of hydrogen-bond acceptors (Lipinski definition) is 2. The Bertz CT molecular complexity index is 555. The largest absolute Gasteiger partial charge is 0.323 e. The van der Waals surface area contributed by atoms with Gasteiger partial charge in [-0.2, -0.15) is 0 Å². The first-order valence-corrected chi connectivity index (χ1v) is 6.10. The molecule has 3 nitrogen and oxygen atoms in total. The molecule has 0 amide bonds. The normalized spacial score (nSPS) is 18.3. The first-order chi connectivity index (χ1) is 8.16. The van der Waals surface area contributed by atoms with Gasteiger partial charge < -0.3 is 10.3 Å². The molecule has 0 bridgehead atoms. The Labute approximate surface area is 99.4 Å². The Morgan fingerprint density at radius 3 is 2.82 bits per heavy atom. The van der Waals surface area contributed by atoms with Crippen LogP contribution in [0.25, 0.3) is 11.0 Å². The molecule has 1 heterocycles. The van der Waals surface area contributed by atoms with Crippen molar-refractivity contribution < 1.29 is 4.39 Å². The number of imidazole rings is 1. The SMILES string of the molecule is C[C@H](N)c1nc2ccc(F)cc2n1C1CCC1. The summed E-state index contributed by atoms with van der Waals surface area (Å²) in [7, 11) is 0. The number of benzene rings is 1. The summed E-state index contributed by atoms with van der Waals surface area (Å²) in [6.07, 6.45) is 3.52. The zero-order valence-corrected chi connectivity index (χ0v) is 9.86. The third-order valence-electron chi connectivity index (χ3n) is 3.53. The standard InChI is InChI=1S/C13H16FN3/c1-8(15)13-16-11-6-5-9(14)7-12(11)17(13)10-3-2-4-10/h5-8,10H,2-4,15H2,1H3/t8-/m0/s1. The van der Waals surface area contributed by atoms with E-state index in [0.717, 1.165) is 29.7 Å². The zero-order valence-electron chi connectivity index (χ0n) is 9.86. The number of aromatic nitrogens is 2. The van der Waals surface area contributed by atoms with Crippen molar-refractivity contribution in [3.63, 3.8) is 0 Å². The molecule has 90 valence electrons. The predicted octanol–water partition coefficient (Wildman–Crippen LogP) is 2.92. The van der Waals surface area contributed by atoms with Gasteiger partial charge in [-0.05, 0) is 44.4 Å². The second kappa shape index (κ2) is 3.81. The molecule has 1 fully saturated rings.